The van der Waals surface area contributed by atoms with Crippen molar-refractivity contribution >= 4 is 11.9 Å². The van der Waals surface area contributed by atoms with Crippen molar-refractivity contribution in [1.29, 1.82) is 0 Å². The van der Waals surface area contributed by atoms with Crippen molar-refractivity contribution < 1.29 is 24.2 Å². The fourth-order valence-corrected chi connectivity index (χ4v) is 5.87. The summed E-state index contributed by atoms with van der Waals surface area (Å²) in [5.74, 6) is 0.844. The fourth-order valence-electron chi connectivity index (χ4n) is 5.87. The molecule has 0 aliphatic carbocycles. The number of aliphatic hydroxyl groups is 1. The Kier molecular flexibility index (Phi) is 35.5. The van der Waals surface area contributed by atoms with Gasteiger partial charge in [0.15, 0.2) is 0 Å². The zero-order valence-electron chi connectivity index (χ0n) is 29.6. The minimum atomic E-state index is -0.124. The van der Waals surface area contributed by atoms with Crippen LogP contribution in [0.3, 0.4) is 0 Å². The molecular formula is C39H75O5. The van der Waals surface area contributed by atoms with Crippen molar-refractivity contribution in [3.05, 3.63) is 5.92 Å². The molecule has 0 saturated heterocycles. The molecular weight excluding hydrogens is 548 g/mol. The normalized spacial score (nSPS) is 11.4. The molecule has 0 aliphatic rings. The first kappa shape index (κ1) is 42.9. The standard InChI is InChI=1S/C39H75O5/c1-3-5-7-9-11-13-15-17-19-21-23-25-27-29-38(41)43-35-32-37(31-34-40)33-36-44-39(42)30-28-26-24-22-20-18-16-14-12-10-8-6-4-2/h40H,3-36H2,1-2H3. The van der Waals surface area contributed by atoms with E-state index < -0.39 is 0 Å². The number of esters is 2. The molecule has 1 N–H and O–H groups in total. The Hall–Kier alpha value is -1.10. The van der Waals surface area contributed by atoms with Crippen molar-refractivity contribution in [2.75, 3.05) is 19.8 Å². The Morgan fingerprint density at radius 1 is 0.386 bits per heavy atom. The first-order valence-electron chi connectivity index (χ1n) is 19.4. The highest BCUT2D eigenvalue weighted by Gasteiger charge is 2.12. The first-order valence-corrected chi connectivity index (χ1v) is 19.4. The second-order valence-electron chi connectivity index (χ2n) is 13.1. The summed E-state index contributed by atoms with van der Waals surface area (Å²) in [4.78, 5) is 24.2. The summed E-state index contributed by atoms with van der Waals surface area (Å²) < 4.78 is 10.9. The van der Waals surface area contributed by atoms with Crippen molar-refractivity contribution in [2.45, 2.75) is 213 Å². The smallest absolute Gasteiger partial charge is 0.305 e. The average Bonchev–Trinajstić information content (AvgIpc) is 3.01. The van der Waals surface area contributed by atoms with Crippen LogP contribution in [0, 0.1) is 5.92 Å². The molecule has 1 radical (unpaired) electrons. The molecule has 0 rings (SSSR count). The Morgan fingerprint density at radius 2 is 0.659 bits per heavy atom. The molecule has 0 atom stereocenters. The molecule has 44 heavy (non-hydrogen) atoms. The lowest BCUT2D eigenvalue weighted by Gasteiger charge is -2.15. The molecule has 5 heteroatoms. The molecule has 0 fully saturated rings. The summed E-state index contributed by atoms with van der Waals surface area (Å²) in [6, 6.07) is 0. The zero-order valence-corrected chi connectivity index (χ0v) is 29.6. The number of hydrogen-bond donors (Lipinski definition) is 1. The van der Waals surface area contributed by atoms with Crippen LogP contribution < -0.4 is 0 Å². The van der Waals surface area contributed by atoms with Crippen LogP contribution in [0.25, 0.3) is 0 Å². The van der Waals surface area contributed by atoms with Gasteiger partial charge in [-0.1, -0.05) is 168 Å². The second-order valence-corrected chi connectivity index (χ2v) is 13.1. The van der Waals surface area contributed by atoms with Crippen LogP contribution in [-0.4, -0.2) is 36.9 Å². The van der Waals surface area contributed by atoms with Gasteiger partial charge in [0.25, 0.3) is 0 Å². The van der Waals surface area contributed by atoms with E-state index in [1.165, 1.54) is 141 Å². The number of ether oxygens (including phenoxy) is 2. The molecule has 0 bridgehead atoms. The van der Waals surface area contributed by atoms with Crippen molar-refractivity contribution in [2.24, 2.45) is 0 Å². The number of aliphatic hydroxyl groups excluding tert-OH is 1. The molecule has 0 spiro atoms. The van der Waals surface area contributed by atoms with E-state index in [1.54, 1.807) is 0 Å². The maximum absolute atomic E-state index is 12.1. The van der Waals surface area contributed by atoms with Crippen LogP contribution in [-0.2, 0) is 19.1 Å². The number of carbonyl (C=O) groups is 2. The Labute approximate surface area is 274 Å². The summed E-state index contributed by atoms with van der Waals surface area (Å²) in [6.45, 7) is 5.29. The van der Waals surface area contributed by atoms with Gasteiger partial charge in [-0.15, -0.1) is 0 Å². The maximum Gasteiger partial charge on any atom is 0.305 e. The van der Waals surface area contributed by atoms with Gasteiger partial charge < -0.3 is 14.6 Å². The summed E-state index contributed by atoms with van der Waals surface area (Å²) >= 11 is 0. The van der Waals surface area contributed by atoms with E-state index in [1.807, 2.05) is 0 Å². The average molecular weight is 624 g/mol. The number of unbranched alkanes of at least 4 members (excludes halogenated alkanes) is 24. The van der Waals surface area contributed by atoms with Crippen molar-refractivity contribution in [3.63, 3.8) is 0 Å². The minimum Gasteiger partial charge on any atom is -0.466 e. The van der Waals surface area contributed by atoms with Gasteiger partial charge in [-0.3, -0.25) is 9.59 Å². The summed E-state index contributed by atoms with van der Waals surface area (Å²) in [5.41, 5.74) is 0. The van der Waals surface area contributed by atoms with Gasteiger partial charge in [0.1, 0.15) is 0 Å². The van der Waals surface area contributed by atoms with E-state index in [-0.39, 0.29) is 18.5 Å². The summed E-state index contributed by atoms with van der Waals surface area (Å²) in [7, 11) is 0. The van der Waals surface area contributed by atoms with Crippen LogP contribution in [0.2, 0.25) is 0 Å². The van der Waals surface area contributed by atoms with Crippen LogP contribution in [0.15, 0.2) is 0 Å². The van der Waals surface area contributed by atoms with Gasteiger partial charge in [-0.2, -0.15) is 0 Å². The molecule has 0 amide bonds. The molecule has 261 valence electrons. The Balaban J connectivity index is 3.59. The molecule has 0 unspecified atom stereocenters. The highest BCUT2D eigenvalue weighted by atomic mass is 16.5. The summed E-state index contributed by atoms with van der Waals surface area (Å²) in [5, 5.41) is 9.39. The molecule has 0 aliphatic heterocycles. The highest BCUT2D eigenvalue weighted by Crippen LogP contribution is 2.18. The van der Waals surface area contributed by atoms with E-state index in [2.05, 4.69) is 13.8 Å². The Morgan fingerprint density at radius 3 is 0.932 bits per heavy atom. The summed E-state index contributed by atoms with van der Waals surface area (Å²) in [6.07, 6.45) is 36.4. The lowest BCUT2D eigenvalue weighted by molar-refractivity contribution is -0.144. The van der Waals surface area contributed by atoms with Gasteiger partial charge in [0.05, 0.1) is 13.2 Å². The highest BCUT2D eigenvalue weighted by molar-refractivity contribution is 5.69. The number of hydrogen-bond acceptors (Lipinski definition) is 5. The lowest BCUT2D eigenvalue weighted by atomic mass is 9.99. The molecule has 5 nitrogen and oxygen atoms in total. The monoisotopic (exact) mass is 624 g/mol. The van der Waals surface area contributed by atoms with Gasteiger partial charge in [0.2, 0.25) is 0 Å². The third kappa shape index (κ3) is 33.8. The van der Waals surface area contributed by atoms with Crippen LogP contribution >= 0.6 is 0 Å². The van der Waals surface area contributed by atoms with Gasteiger partial charge in [-0.25, -0.2) is 0 Å². The lowest BCUT2D eigenvalue weighted by Crippen LogP contribution is -2.13. The predicted molar refractivity (Wildman–Crippen MR) is 187 cm³/mol. The van der Waals surface area contributed by atoms with Crippen molar-refractivity contribution in [1.82, 2.24) is 0 Å². The zero-order chi connectivity index (χ0) is 32.2. The minimum absolute atomic E-state index is 0.0646. The van der Waals surface area contributed by atoms with E-state index in [4.69, 9.17) is 9.47 Å². The van der Waals surface area contributed by atoms with Crippen LogP contribution in [0.1, 0.15) is 213 Å². The Bertz CT molecular complexity index is 545. The van der Waals surface area contributed by atoms with Gasteiger partial charge in [0, 0.05) is 19.4 Å². The number of carbonyl (C=O) groups excluding carboxylic acids is 2. The van der Waals surface area contributed by atoms with Crippen LogP contribution in [0.5, 0.6) is 0 Å². The SMILES string of the molecule is CCCCCCCCCCCCCCCC(=O)OCC[C](CCO)CCOC(=O)CCCCCCCCCCCCCCC. The van der Waals surface area contributed by atoms with E-state index >= 15 is 0 Å². The van der Waals surface area contributed by atoms with Gasteiger partial charge >= 0.3 is 11.9 Å². The fraction of sp³-hybridized carbons (Fsp3) is 0.923. The molecule has 0 heterocycles. The predicted octanol–water partition coefficient (Wildman–Crippen LogP) is 11.8. The molecule has 0 saturated carbocycles. The largest absolute Gasteiger partial charge is 0.466 e. The van der Waals surface area contributed by atoms with Crippen LogP contribution in [0.4, 0.5) is 0 Å². The molecule has 0 aromatic heterocycles. The van der Waals surface area contributed by atoms with Gasteiger partial charge in [-0.05, 0) is 38.0 Å². The quantitative estimate of drug-likeness (QED) is 0.0555. The molecule has 0 aromatic rings. The topological polar surface area (TPSA) is 72.8 Å². The molecule has 0 aromatic carbocycles. The van der Waals surface area contributed by atoms with E-state index in [0.29, 0.717) is 45.3 Å². The maximum atomic E-state index is 12.1. The van der Waals surface area contributed by atoms with E-state index in [9.17, 15) is 14.7 Å². The third-order valence-corrected chi connectivity index (χ3v) is 8.87. The van der Waals surface area contributed by atoms with Crippen molar-refractivity contribution in [3.8, 4) is 0 Å². The number of rotatable bonds is 36. The second kappa shape index (κ2) is 36.4. The third-order valence-electron chi connectivity index (χ3n) is 8.87. The van der Waals surface area contributed by atoms with E-state index in [0.717, 1.165) is 31.6 Å². The first-order chi connectivity index (χ1) is 21.6.